The summed E-state index contributed by atoms with van der Waals surface area (Å²) in [5, 5.41) is 14.6. The number of rotatable bonds is 12. The smallest absolute Gasteiger partial charge is 0.225 e. The van der Waals surface area contributed by atoms with Gasteiger partial charge in [0, 0.05) is 29.5 Å². The average Bonchev–Trinajstić information content (AvgIpc) is 2.87. The van der Waals surface area contributed by atoms with Crippen molar-refractivity contribution >= 4 is 5.91 Å². The first kappa shape index (κ1) is 24.7. The van der Waals surface area contributed by atoms with Crippen LogP contribution in [0.2, 0.25) is 0 Å². The van der Waals surface area contributed by atoms with Gasteiger partial charge in [-0.25, -0.2) is 0 Å². The highest BCUT2D eigenvalue weighted by molar-refractivity contribution is 5.79. The summed E-state index contributed by atoms with van der Waals surface area (Å²) in [6.07, 6.45) is 16.0. The van der Waals surface area contributed by atoms with Crippen LogP contribution in [-0.4, -0.2) is 39.3 Å². The molecular formula is C25H48N2O2. The van der Waals surface area contributed by atoms with Crippen molar-refractivity contribution in [1.29, 1.82) is 0 Å². The summed E-state index contributed by atoms with van der Waals surface area (Å²) < 4.78 is 0. The Kier molecular flexibility index (Phi) is 9.47. The third-order valence-corrected chi connectivity index (χ3v) is 6.92. The number of piperidine rings is 1. The van der Waals surface area contributed by atoms with Crippen LogP contribution in [0.15, 0.2) is 0 Å². The molecule has 170 valence electrons. The van der Waals surface area contributed by atoms with Gasteiger partial charge >= 0.3 is 0 Å². The number of likely N-dealkylation sites (tertiary alicyclic amines) is 1. The summed E-state index contributed by atoms with van der Waals surface area (Å²) in [5.74, 6) is 0.283. The molecule has 2 unspecified atom stereocenters. The Bertz CT molecular complexity index is 487. The Morgan fingerprint density at radius 2 is 1.38 bits per heavy atom. The quantitative estimate of drug-likeness (QED) is 0.403. The molecule has 2 atom stereocenters. The minimum absolute atomic E-state index is 0.0129. The van der Waals surface area contributed by atoms with E-state index in [1.54, 1.807) is 0 Å². The second-order valence-corrected chi connectivity index (χ2v) is 11.1. The van der Waals surface area contributed by atoms with Crippen LogP contribution >= 0.6 is 0 Å². The largest absolute Gasteiger partial charge is 0.373 e. The molecule has 2 N–H and O–H groups in total. The Morgan fingerprint density at radius 1 is 0.897 bits per heavy atom. The van der Waals surface area contributed by atoms with E-state index in [0.717, 1.165) is 25.7 Å². The molecule has 2 heterocycles. The van der Waals surface area contributed by atoms with Crippen LogP contribution in [0.3, 0.4) is 0 Å². The number of aliphatic hydroxyl groups is 1. The summed E-state index contributed by atoms with van der Waals surface area (Å²) in [5.41, 5.74) is -0.0257. The fourth-order valence-corrected chi connectivity index (χ4v) is 5.84. The van der Waals surface area contributed by atoms with E-state index >= 15 is 0 Å². The van der Waals surface area contributed by atoms with Crippen molar-refractivity contribution in [1.82, 2.24) is 10.2 Å². The highest BCUT2D eigenvalue weighted by Gasteiger charge is 2.47. The highest BCUT2D eigenvalue weighted by atomic mass is 16.3. The van der Waals surface area contributed by atoms with E-state index in [0.29, 0.717) is 6.42 Å². The first-order chi connectivity index (χ1) is 13.7. The van der Waals surface area contributed by atoms with Gasteiger partial charge in [-0.05, 0) is 47.0 Å². The Morgan fingerprint density at radius 3 is 1.90 bits per heavy atom. The molecule has 4 nitrogen and oxygen atoms in total. The van der Waals surface area contributed by atoms with Crippen molar-refractivity contribution in [3.63, 3.8) is 0 Å². The van der Waals surface area contributed by atoms with Crippen LogP contribution in [-0.2, 0) is 4.79 Å². The van der Waals surface area contributed by atoms with Gasteiger partial charge in [0.25, 0.3) is 0 Å². The maximum absolute atomic E-state index is 12.7. The molecule has 2 fully saturated rings. The minimum atomic E-state index is -0.587. The second-order valence-electron chi connectivity index (χ2n) is 11.1. The monoisotopic (exact) mass is 408 g/mol. The maximum Gasteiger partial charge on any atom is 0.225 e. The number of aliphatic hydroxyl groups excluding tert-OH is 1. The van der Waals surface area contributed by atoms with Crippen LogP contribution in [0.1, 0.15) is 125 Å². The molecular weight excluding hydrogens is 360 g/mol. The maximum atomic E-state index is 12.7. The number of carbonyl (C=O) groups is 1. The molecule has 2 saturated heterocycles. The van der Waals surface area contributed by atoms with Gasteiger partial charge in [0.1, 0.15) is 6.23 Å². The lowest BCUT2D eigenvalue weighted by Crippen LogP contribution is -2.63. The van der Waals surface area contributed by atoms with Gasteiger partial charge in [0.15, 0.2) is 0 Å². The Hall–Kier alpha value is -0.610. The Labute approximate surface area is 180 Å². The highest BCUT2D eigenvalue weighted by Crippen LogP contribution is 2.38. The number of hydrogen-bond acceptors (Lipinski definition) is 3. The van der Waals surface area contributed by atoms with Crippen LogP contribution in [0.25, 0.3) is 0 Å². The molecule has 2 aliphatic heterocycles. The zero-order chi connectivity index (χ0) is 21.5. The molecule has 4 heteroatoms. The predicted molar refractivity (Wildman–Crippen MR) is 122 cm³/mol. The number of nitrogens with one attached hydrogen (secondary N) is 1. The molecule has 2 aliphatic rings. The van der Waals surface area contributed by atoms with Gasteiger partial charge in [-0.3, -0.25) is 4.79 Å². The molecule has 0 saturated carbocycles. The summed E-state index contributed by atoms with van der Waals surface area (Å²) in [4.78, 5) is 14.6. The fourth-order valence-electron chi connectivity index (χ4n) is 5.84. The third kappa shape index (κ3) is 7.86. The molecule has 0 aromatic carbocycles. The molecule has 0 radical (unpaired) electrons. The lowest BCUT2D eigenvalue weighted by Gasteiger charge is -2.49. The van der Waals surface area contributed by atoms with Gasteiger partial charge in [-0.1, -0.05) is 71.1 Å². The minimum Gasteiger partial charge on any atom is -0.373 e. The van der Waals surface area contributed by atoms with Crippen molar-refractivity contribution in [2.24, 2.45) is 5.92 Å². The number of carbonyl (C=O) groups excluding carboxylic acids is 1. The number of nitrogens with zero attached hydrogens (tertiary/aromatic N) is 1. The van der Waals surface area contributed by atoms with Crippen LogP contribution in [0.5, 0.6) is 0 Å². The van der Waals surface area contributed by atoms with Crippen LogP contribution in [0.4, 0.5) is 0 Å². The van der Waals surface area contributed by atoms with Crippen molar-refractivity contribution in [3.05, 3.63) is 0 Å². The molecule has 2 rings (SSSR count). The number of unbranched alkanes of at least 4 members (excludes halogenated alkanes) is 9. The van der Waals surface area contributed by atoms with E-state index in [4.69, 9.17) is 0 Å². The molecule has 0 aromatic rings. The van der Waals surface area contributed by atoms with Gasteiger partial charge in [-0.2, -0.15) is 0 Å². The zero-order valence-electron chi connectivity index (χ0n) is 19.9. The van der Waals surface area contributed by atoms with Gasteiger partial charge in [-0.15, -0.1) is 0 Å². The van der Waals surface area contributed by atoms with E-state index < -0.39 is 6.23 Å². The van der Waals surface area contributed by atoms with E-state index in [1.165, 1.54) is 57.8 Å². The van der Waals surface area contributed by atoms with E-state index in [-0.39, 0.29) is 28.9 Å². The van der Waals surface area contributed by atoms with Gasteiger partial charge < -0.3 is 15.3 Å². The van der Waals surface area contributed by atoms with E-state index in [1.807, 2.05) is 4.90 Å². The predicted octanol–water partition coefficient (Wildman–Crippen LogP) is 5.77. The first-order valence-electron chi connectivity index (χ1n) is 12.4. The average molecular weight is 409 g/mol. The summed E-state index contributed by atoms with van der Waals surface area (Å²) in [6.45, 7) is 11.1. The number of hydrogen-bond donors (Lipinski definition) is 2. The Balaban J connectivity index is 1.69. The molecule has 1 amide bonds. The topological polar surface area (TPSA) is 52.6 Å². The molecule has 0 aromatic heterocycles. The van der Waals surface area contributed by atoms with E-state index in [9.17, 15) is 9.90 Å². The van der Waals surface area contributed by atoms with Crippen molar-refractivity contribution in [2.75, 3.05) is 0 Å². The lowest BCUT2D eigenvalue weighted by molar-refractivity contribution is -0.140. The van der Waals surface area contributed by atoms with Crippen molar-refractivity contribution in [3.8, 4) is 0 Å². The summed E-state index contributed by atoms with van der Waals surface area (Å²) in [6, 6.07) is 0.140. The lowest BCUT2D eigenvalue weighted by atomic mass is 9.79. The van der Waals surface area contributed by atoms with Crippen molar-refractivity contribution < 1.29 is 9.90 Å². The van der Waals surface area contributed by atoms with Crippen LogP contribution < -0.4 is 5.32 Å². The SMILES string of the molecule is CCCCCCCCCCCCC1CC(=O)N(C2CC(C)(C)NC(C)(C)C2)C1O. The zero-order valence-corrected chi connectivity index (χ0v) is 19.9. The fraction of sp³-hybridized carbons (Fsp3) is 0.960. The summed E-state index contributed by atoms with van der Waals surface area (Å²) in [7, 11) is 0. The van der Waals surface area contributed by atoms with Gasteiger partial charge in [0.2, 0.25) is 5.91 Å². The first-order valence-corrected chi connectivity index (χ1v) is 12.4. The van der Waals surface area contributed by atoms with Gasteiger partial charge in [0.05, 0.1) is 0 Å². The van der Waals surface area contributed by atoms with Crippen molar-refractivity contribution in [2.45, 2.75) is 148 Å². The molecule has 0 bridgehead atoms. The molecule has 29 heavy (non-hydrogen) atoms. The standard InChI is InChI=1S/C25H48N2O2/c1-6-7-8-9-10-11-12-13-14-15-16-20-17-22(28)27(23(20)29)21-18-24(2,3)26-25(4,5)19-21/h20-21,23,26,29H,6-19H2,1-5H3. The normalized spacial score (nSPS) is 27.0. The summed E-state index contributed by atoms with van der Waals surface area (Å²) >= 11 is 0. The molecule has 0 aliphatic carbocycles. The number of amides is 1. The van der Waals surface area contributed by atoms with Crippen LogP contribution in [0, 0.1) is 5.92 Å². The third-order valence-electron chi connectivity index (χ3n) is 6.92. The van der Waals surface area contributed by atoms with E-state index in [2.05, 4.69) is 39.9 Å². The second kappa shape index (κ2) is 11.1. The molecule has 0 spiro atoms.